The average molecular weight is 393 g/mol. The van der Waals surface area contributed by atoms with Crippen LogP contribution in [0.15, 0.2) is 24.3 Å². The van der Waals surface area contributed by atoms with Crippen LogP contribution in [0.5, 0.6) is 0 Å². The highest BCUT2D eigenvalue weighted by atomic mass is 35.5. The molecule has 8 heteroatoms. The van der Waals surface area contributed by atoms with Crippen molar-refractivity contribution in [2.45, 2.75) is 38.5 Å². The van der Waals surface area contributed by atoms with E-state index in [4.69, 9.17) is 16.3 Å². The highest BCUT2D eigenvalue weighted by molar-refractivity contribution is 6.30. The second-order valence-corrected chi connectivity index (χ2v) is 8.04. The zero-order chi connectivity index (χ0) is 18.6. The number of ether oxygens (including phenoxy) is 1. The molecule has 2 aliphatic rings. The van der Waals surface area contributed by atoms with E-state index in [1.165, 1.54) is 30.1 Å². The van der Waals surface area contributed by atoms with Crippen LogP contribution in [0.25, 0.3) is 0 Å². The fraction of sp³-hybridized carbons (Fsp3) is 0.632. The van der Waals surface area contributed by atoms with Crippen LogP contribution in [0, 0.1) is 0 Å². The third-order valence-electron chi connectivity index (χ3n) is 5.93. The lowest BCUT2D eigenvalue weighted by atomic mass is 10.0. The predicted octanol–water partition coefficient (Wildman–Crippen LogP) is -0.602. The molecule has 2 N–H and O–H groups in total. The molecule has 2 aliphatic heterocycles. The standard InChI is InChI=1S/C19H27ClN6O/c1-2-24-9-11-25(12-10-24)18(15-5-7-16(20)8-6-15)19-21-22-23-26(19)14-17-4-3-13-27-17/h5-8,17-18H,2-4,9-14H2,1H3/p+2/t17-,18+/m1/s1. The summed E-state index contributed by atoms with van der Waals surface area (Å²) < 4.78 is 7.77. The van der Waals surface area contributed by atoms with Gasteiger partial charge in [0.1, 0.15) is 26.2 Å². The van der Waals surface area contributed by atoms with Gasteiger partial charge in [0.05, 0.1) is 19.2 Å². The van der Waals surface area contributed by atoms with E-state index >= 15 is 0 Å². The quantitative estimate of drug-likeness (QED) is 0.689. The van der Waals surface area contributed by atoms with Crippen LogP contribution < -0.4 is 9.80 Å². The first-order valence-corrected chi connectivity index (χ1v) is 10.4. The molecule has 0 unspecified atom stereocenters. The van der Waals surface area contributed by atoms with Crippen LogP contribution in [0.2, 0.25) is 5.02 Å². The lowest BCUT2D eigenvalue weighted by Crippen LogP contribution is -3.28. The first kappa shape index (κ1) is 18.8. The van der Waals surface area contributed by atoms with Gasteiger partial charge in [0.15, 0.2) is 6.04 Å². The van der Waals surface area contributed by atoms with Crippen molar-refractivity contribution >= 4 is 11.6 Å². The molecule has 27 heavy (non-hydrogen) atoms. The summed E-state index contributed by atoms with van der Waals surface area (Å²) in [6.07, 6.45) is 2.42. The van der Waals surface area contributed by atoms with E-state index in [2.05, 4.69) is 34.6 Å². The summed E-state index contributed by atoms with van der Waals surface area (Å²) in [5.41, 5.74) is 1.22. The molecule has 2 aromatic rings. The maximum absolute atomic E-state index is 6.14. The van der Waals surface area contributed by atoms with Gasteiger partial charge in [-0.1, -0.05) is 23.7 Å². The number of benzene rings is 1. The summed E-state index contributed by atoms with van der Waals surface area (Å²) in [7, 11) is 0. The molecule has 2 atom stereocenters. The molecular weight excluding hydrogens is 364 g/mol. The SMILES string of the molecule is CC[NH+]1CC[NH+]([C@@H](c2ccc(Cl)cc2)c2nnnn2C[C@H]2CCCO2)CC1. The van der Waals surface area contributed by atoms with Crippen LogP contribution >= 0.6 is 11.6 Å². The minimum atomic E-state index is 0.122. The van der Waals surface area contributed by atoms with Crippen molar-refractivity contribution in [3.05, 3.63) is 40.7 Å². The van der Waals surface area contributed by atoms with Gasteiger partial charge >= 0.3 is 0 Å². The minimum Gasteiger partial charge on any atom is -0.376 e. The molecule has 3 heterocycles. The molecule has 0 amide bonds. The van der Waals surface area contributed by atoms with Gasteiger partial charge in [-0.25, -0.2) is 4.68 Å². The topological polar surface area (TPSA) is 61.7 Å². The second-order valence-electron chi connectivity index (χ2n) is 7.60. The number of aromatic nitrogens is 4. The fourth-order valence-electron chi connectivity index (χ4n) is 4.32. The number of nitrogens with one attached hydrogen (secondary N) is 2. The Balaban J connectivity index is 1.62. The Morgan fingerprint density at radius 3 is 2.67 bits per heavy atom. The van der Waals surface area contributed by atoms with Crippen LogP contribution in [-0.4, -0.2) is 65.6 Å². The second kappa shape index (κ2) is 8.65. The Bertz CT molecular complexity index is 722. The van der Waals surface area contributed by atoms with Gasteiger partial charge in [-0.3, -0.25) is 0 Å². The number of tetrazole rings is 1. The maximum Gasteiger partial charge on any atom is 0.214 e. The van der Waals surface area contributed by atoms with Crippen LogP contribution in [0.1, 0.15) is 37.2 Å². The van der Waals surface area contributed by atoms with E-state index in [0.717, 1.165) is 49.9 Å². The average Bonchev–Trinajstić information content (AvgIpc) is 3.37. The number of hydrogen-bond donors (Lipinski definition) is 2. The minimum absolute atomic E-state index is 0.122. The van der Waals surface area contributed by atoms with Crippen molar-refractivity contribution in [2.24, 2.45) is 0 Å². The number of rotatable bonds is 6. The van der Waals surface area contributed by atoms with Crippen molar-refractivity contribution in [3.8, 4) is 0 Å². The number of hydrogen-bond acceptors (Lipinski definition) is 4. The molecule has 4 rings (SSSR count). The first-order valence-electron chi connectivity index (χ1n) is 10.1. The van der Waals surface area contributed by atoms with Gasteiger partial charge in [-0.15, -0.1) is 5.10 Å². The first-order chi connectivity index (χ1) is 13.2. The molecule has 2 saturated heterocycles. The third-order valence-corrected chi connectivity index (χ3v) is 6.18. The van der Waals surface area contributed by atoms with Gasteiger partial charge in [-0.2, -0.15) is 0 Å². The van der Waals surface area contributed by atoms with Crippen molar-refractivity contribution in [2.75, 3.05) is 39.3 Å². The summed E-state index contributed by atoms with van der Waals surface area (Å²) in [6, 6.07) is 8.28. The van der Waals surface area contributed by atoms with Crippen LogP contribution in [0.4, 0.5) is 0 Å². The molecule has 0 spiro atoms. The summed E-state index contributed by atoms with van der Waals surface area (Å²) in [6.45, 7) is 9.62. The summed E-state index contributed by atoms with van der Waals surface area (Å²) in [5.74, 6) is 0.933. The Morgan fingerprint density at radius 2 is 2.00 bits per heavy atom. The lowest BCUT2D eigenvalue weighted by Gasteiger charge is -2.34. The van der Waals surface area contributed by atoms with Crippen LogP contribution in [0.3, 0.4) is 0 Å². The van der Waals surface area contributed by atoms with Crippen molar-refractivity contribution in [1.29, 1.82) is 0 Å². The maximum atomic E-state index is 6.14. The van der Waals surface area contributed by atoms with E-state index in [1.807, 2.05) is 16.8 Å². The normalized spacial score (nSPS) is 27.0. The van der Waals surface area contributed by atoms with Gasteiger partial charge < -0.3 is 14.5 Å². The summed E-state index contributed by atoms with van der Waals surface area (Å²) in [4.78, 5) is 3.20. The highest BCUT2D eigenvalue weighted by Crippen LogP contribution is 2.21. The Morgan fingerprint density at radius 1 is 1.22 bits per heavy atom. The zero-order valence-electron chi connectivity index (χ0n) is 15.9. The monoisotopic (exact) mass is 392 g/mol. The molecule has 0 aliphatic carbocycles. The van der Waals surface area contributed by atoms with Gasteiger partial charge in [0.25, 0.3) is 0 Å². The van der Waals surface area contributed by atoms with E-state index in [9.17, 15) is 0 Å². The molecule has 1 aromatic carbocycles. The van der Waals surface area contributed by atoms with Crippen LogP contribution in [-0.2, 0) is 11.3 Å². The van der Waals surface area contributed by atoms with E-state index in [0.29, 0.717) is 0 Å². The number of piperazine rings is 1. The van der Waals surface area contributed by atoms with Gasteiger partial charge in [-0.05, 0) is 42.3 Å². The number of nitrogens with zero attached hydrogens (tertiary/aromatic N) is 4. The Kier molecular flexibility index (Phi) is 6.02. The predicted molar refractivity (Wildman–Crippen MR) is 102 cm³/mol. The molecule has 1 aromatic heterocycles. The van der Waals surface area contributed by atoms with E-state index in [1.54, 1.807) is 4.90 Å². The highest BCUT2D eigenvalue weighted by Gasteiger charge is 2.35. The fourth-order valence-corrected chi connectivity index (χ4v) is 4.45. The molecule has 0 bridgehead atoms. The van der Waals surface area contributed by atoms with E-state index in [-0.39, 0.29) is 12.1 Å². The molecular formula is C19H29ClN6O+2. The van der Waals surface area contributed by atoms with Gasteiger partial charge in [0, 0.05) is 17.2 Å². The molecule has 146 valence electrons. The molecule has 2 fully saturated rings. The van der Waals surface area contributed by atoms with Crippen molar-refractivity contribution in [3.63, 3.8) is 0 Å². The summed E-state index contributed by atoms with van der Waals surface area (Å²) in [5, 5.41) is 13.5. The Labute approximate surface area is 165 Å². The lowest BCUT2D eigenvalue weighted by molar-refractivity contribution is -1.02. The Hall–Kier alpha value is -1.54. The zero-order valence-corrected chi connectivity index (χ0v) is 16.7. The van der Waals surface area contributed by atoms with Crippen molar-refractivity contribution in [1.82, 2.24) is 20.2 Å². The molecule has 7 nitrogen and oxygen atoms in total. The smallest absolute Gasteiger partial charge is 0.214 e. The number of halogens is 1. The van der Waals surface area contributed by atoms with Gasteiger partial charge in [0.2, 0.25) is 5.82 Å². The van der Waals surface area contributed by atoms with E-state index < -0.39 is 0 Å². The molecule has 0 saturated carbocycles. The summed E-state index contributed by atoms with van der Waals surface area (Å²) >= 11 is 6.14. The third kappa shape index (κ3) is 4.32. The number of likely N-dealkylation sites (N-methyl/N-ethyl adjacent to an activating group) is 1. The largest absolute Gasteiger partial charge is 0.376 e. The number of quaternary nitrogens is 2. The molecule has 0 radical (unpaired) electrons. The van der Waals surface area contributed by atoms with Crippen molar-refractivity contribution < 1.29 is 14.5 Å².